The highest BCUT2D eigenvalue weighted by Crippen LogP contribution is 2.46. The summed E-state index contributed by atoms with van der Waals surface area (Å²) in [5.74, 6) is 1.04. The topological polar surface area (TPSA) is 97.6 Å². The van der Waals surface area contributed by atoms with Gasteiger partial charge in [0.2, 0.25) is 0 Å². The molecule has 1 saturated heterocycles. The van der Waals surface area contributed by atoms with Gasteiger partial charge in [-0.2, -0.15) is 0 Å². The normalized spacial score (nSPS) is 16.9. The van der Waals surface area contributed by atoms with Crippen molar-refractivity contribution in [1.29, 1.82) is 0 Å². The van der Waals surface area contributed by atoms with Crippen LogP contribution >= 0.6 is 0 Å². The first-order valence-corrected chi connectivity index (χ1v) is 12.7. The van der Waals surface area contributed by atoms with Gasteiger partial charge in [-0.1, -0.05) is 17.7 Å². The molecule has 1 aliphatic heterocycles. The van der Waals surface area contributed by atoms with E-state index in [0.717, 1.165) is 35.2 Å². The number of aromatic nitrogens is 3. The molecule has 2 fully saturated rings. The minimum Gasteiger partial charge on any atom is -0.450 e. The fourth-order valence-electron chi connectivity index (χ4n) is 4.31. The van der Waals surface area contributed by atoms with Gasteiger partial charge in [-0.3, -0.25) is 0 Å². The van der Waals surface area contributed by atoms with E-state index in [9.17, 15) is 13.2 Å². The van der Waals surface area contributed by atoms with E-state index in [1.807, 2.05) is 6.92 Å². The Balaban J connectivity index is 1.54. The number of anilines is 1. The van der Waals surface area contributed by atoms with Gasteiger partial charge in [0, 0.05) is 32.4 Å². The highest BCUT2D eigenvalue weighted by Gasteiger charge is 2.34. The molecule has 10 heteroatoms. The van der Waals surface area contributed by atoms with Gasteiger partial charge in [0.1, 0.15) is 12.1 Å². The van der Waals surface area contributed by atoms with E-state index < -0.39 is 10.0 Å². The number of carbonyl (C=O) groups excluding carboxylic acids is 1. The number of hydrogen-bond donors (Lipinski definition) is 0. The van der Waals surface area contributed by atoms with Crippen molar-refractivity contribution in [3.05, 3.63) is 47.9 Å². The molecule has 2 aliphatic rings. The molecule has 33 heavy (non-hydrogen) atoms. The molecular weight excluding hydrogens is 442 g/mol. The van der Waals surface area contributed by atoms with Gasteiger partial charge >= 0.3 is 6.09 Å². The second kappa shape index (κ2) is 8.33. The minimum atomic E-state index is -3.80. The number of carbonyl (C=O) groups is 1. The van der Waals surface area contributed by atoms with Crippen molar-refractivity contribution in [3.8, 4) is 0 Å². The summed E-state index contributed by atoms with van der Waals surface area (Å²) in [6.45, 7) is 6.28. The van der Waals surface area contributed by atoms with Crippen LogP contribution in [0, 0.1) is 6.92 Å². The molecule has 0 atom stereocenters. The van der Waals surface area contributed by atoms with Crippen LogP contribution in [0.25, 0.3) is 11.0 Å². The van der Waals surface area contributed by atoms with Crippen molar-refractivity contribution in [3.63, 3.8) is 0 Å². The predicted molar refractivity (Wildman–Crippen MR) is 124 cm³/mol. The highest BCUT2D eigenvalue weighted by molar-refractivity contribution is 7.90. The second-order valence-corrected chi connectivity index (χ2v) is 10.4. The Kier molecular flexibility index (Phi) is 5.48. The smallest absolute Gasteiger partial charge is 0.409 e. The molecule has 0 bridgehead atoms. The molecule has 0 N–H and O–H groups in total. The van der Waals surface area contributed by atoms with Crippen LogP contribution in [0.2, 0.25) is 0 Å². The number of rotatable bonds is 5. The summed E-state index contributed by atoms with van der Waals surface area (Å²) in [5.41, 5.74) is 2.37. The second-order valence-electron chi connectivity index (χ2n) is 8.54. The average molecular weight is 470 g/mol. The number of amides is 1. The molecule has 2 aromatic heterocycles. The van der Waals surface area contributed by atoms with Crippen LogP contribution < -0.4 is 4.90 Å². The molecule has 9 nitrogen and oxygen atoms in total. The lowest BCUT2D eigenvalue weighted by atomic mass is 10.1. The molecule has 0 radical (unpaired) electrons. The van der Waals surface area contributed by atoms with Crippen molar-refractivity contribution in [2.24, 2.45) is 0 Å². The quantitative estimate of drug-likeness (QED) is 0.566. The van der Waals surface area contributed by atoms with Crippen LogP contribution in [0.1, 0.15) is 36.8 Å². The number of aryl methyl sites for hydroxylation is 1. The fourth-order valence-corrected chi connectivity index (χ4v) is 5.64. The van der Waals surface area contributed by atoms with E-state index in [4.69, 9.17) is 4.74 Å². The van der Waals surface area contributed by atoms with Gasteiger partial charge in [0.25, 0.3) is 10.0 Å². The third-order valence-corrected chi connectivity index (χ3v) is 7.93. The third kappa shape index (κ3) is 3.92. The number of nitrogens with zero attached hydrogens (tertiary/aromatic N) is 5. The summed E-state index contributed by atoms with van der Waals surface area (Å²) in [7, 11) is -3.80. The van der Waals surface area contributed by atoms with Gasteiger partial charge in [-0.15, -0.1) is 0 Å². The van der Waals surface area contributed by atoms with Crippen LogP contribution in [0.15, 0.2) is 41.7 Å². The average Bonchev–Trinajstić information content (AvgIpc) is 3.58. The molecule has 1 aromatic carbocycles. The standard InChI is InChI=1S/C23H27N5O4S/c1-3-32-23(29)27-12-10-26(11-13-27)21-20-19(17-6-7-17)14-28(22(20)25-15-24-21)33(30,31)18-8-4-16(2)5-9-18/h4-5,8-9,14-15,17H,3,6-7,10-13H2,1-2H3. The molecule has 0 unspecified atom stereocenters. The number of piperazine rings is 1. The Hall–Kier alpha value is -3.14. The van der Waals surface area contributed by atoms with E-state index in [1.165, 1.54) is 10.3 Å². The van der Waals surface area contributed by atoms with E-state index in [-0.39, 0.29) is 11.0 Å². The first-order chi connectivity index (χ1) is 15.9. The Labute approximate surface area is 193 Å². The van der Waals surface area contributed by atoms with Gasteiger partial charge in [0.15, 0.2) is 5.65 Å². The number of fused-ring (bicyclic) bond motifs is 1. The van der Waals surface area contributed by atoms with Crippen molar-refractivity contribution < 1.29 is 17.9 Å². The first-order valence-electron chi connectivity index (χ1n) is 11.2. The highest BCUT2D eigenvalue weighted by atomic mass is 32.2. The maximum absolute atomic E-state index is 13.5. The van der Waals surface area contributed by atoms with E-state index in [2.05, 4.69) is 14.9 Å². The molecule has 1 amide bonds. The van der Waals surface area contributed by atoms with Crippen molar-refractivity contribution in [1.82, 2.24) is 18.8 Å². The lowest BCUT2D eigenvalue weighted by Crippen LogP contribution is -2.49. The van der Waals surface area contributed by atoms with Crippen molar-refractivity contribution in [2.75, 3.05) is 37.7 Å². The summed E-state index contributed by atoms with van der Waals surface area (Å²) in [5, 5.41) is 0.792. The summed E-state index contributed by atoms with van der Waals surface area (Å²) >= 11 is 0. The van der Waals surface area contributed by atoms with Gasteiger partial charge in [0.05, 0.1) is 16.9 Å². The Morgan fingerprint density at radius 2 is 1.79 bits per heavy atom. The van der Waals surface area contributed by atoms with Crippen LogP contribution in [0.3, 0.4) is 0 Å². The lowest BCUT2D eigenvalue weighted by Gasteiger charge is -2.35. The van der Waals surface area contributed by atoms with Crippen molar-refractivity contribution in [2.45, 2.75) is 37.5 Å². The van der Waals surface area contributed by atoms with Crippen LogP contribution in [0.4, 0.5) is 10.6 Å². The van der Waals surface area contributed by atoms with E-state index in [1.54, 1.807) is 42.3 Å². The lowest BCUT2D eigenvalue weighted by molar-refractivity contribution is 0.105. The zero-order valence-electron chi connectivity index (χ0n) is 18.8. The molecule has 1 saturated carbocycles. The van der Waals surface area contributed by atoms with Gasteiger partial charge in [-0.25, -0.2) is 27.2 Å². The van der Waals surface area contributed by atoms with E-state index >= 15 is 0 Å². The Morgan fingerprint density at radius 3 is 2.42 bits per heavy atom. The summed E-state index contributed by atoms with van der Waals surface area (Å²) in [4.78, 5) is 25.1. The molecular formula is C23H27N5O4S. The number of benzene rings is 1. The van der Waals surface area contributed by atoms with Gasteiger partial charge in [-0.05, 0) is 50.3 Å². The van der Waals surface area contributed by atoms with E-state index in [0.29, 0.717) is 44.4 Å². The first kappa shape index (κ1) is 21.7. The molecule has 1 aliphatic carbocycles. The summed E-state index contributed by atoms with van der Waals surface area (Å²) in [6, 6.07) is 6.85. The molecule has 3 heterocycles. The fraction of sp³-hybridized carbons (Fsp3) is 0.435. The van der Waals surface area contributed by atoms with Crippen LogP contribution in [-0.2, 0) is 14.8 Å². The number of ether oxygens (including phenoxy) is 1. The third-order valence-electron chi connectivity index (χ3n) is 6.26. The Bertz CT molecular complexity index is 1290. The summed E-state index contributed by atoms with van der Waals surface area (Å²) in [6.07, 6.45) is 4.89. The van der Waals surface area contributed by atoms with Gasteiger partial charge < -0.3 is 14.5 Å². The van der Waals surface area contributed by atoms with Crippen molar-refractivity contribution >= 4 is 33.0 Å². The largest absolute Gasteiger partial charge is 0.450 e. The SMILES string of the molecule is CCOC(=O)N1CCN(c2ncnc3c2c(C2CC2)cn3S(=O)(=O)c2ccc(C)cc2)CC1. The maximum atomic E-state index is 13.5. The predicted octanol–water partition coefficient (Wildman–Crippen LogP) is 3.13. The zero-order valence-corrected chi connectivity index (χ0v) is 19.6. The summed E-state index contributed by atoms with van der Waals surface area (Å²) < 4.78 is 33.4. The van der Waals surface area contributed by atoms with Crippen LogP contribution in [-0.4, -0.2) is 66.1 Å². The number of hydrogen-bond acceptors (Lipinski definition) is 7. The molecule has 0 spiro atoms. The molecule has 174 valence electrons. The monoisotopic (exact) mass is 469 g/mol. The molecule has 5 rings (SSSR count). The van der Waals surface area contributed by atoms with Crippen LogP contribution in [0.5, 0.6) is 0 Å². The Morgan fingerprint density at radius 1 is 1.09 bits per heavy atom. The zero-order chi connectivity index (χ0) is 23.2. The molecule has 3 aromatic rings. The maximum Gasteiger partial charge on any atom is 0.409 e. The minimum absolute atomic E-state index is 0.232.